The number of halogens is 1. The standard InChI is InChI=1S/C11H12ClN3O2/c12-7-2-1-6-3-10(16)15(9(6)4-7)5-8(13)11(14)17/h1-2,4,8H,3,5,13H2,(H2,14,17). The molecule has 1 aliphatic heterocycles. The molecule has 1 aliphatic rings. The van der Waals surface area contributed by atoms with Gasteiger partial charge in [0, 0.05) is 10.7 Å². The largest absolute Gasteiger partial charge is 0.368 e. The highest BCUT2D eigenvalue weighted by molar-refractivity contribution is 6.31. The smallest absolute Gasteiger partial charge is 0.236 e. The molecule has 90 valence electrons. The molecular weight excluding hydrogens is 242 g/mol. The van der Waals surface area contributed by atoms with Gasteiger partial charge in [-0.05, 0) is 17.7 Å². The summed E-state index contributed by atoms with van der Waals surface area (Å²) < 4.78 is 0. The second-order valence-corrected chi connectivity index (χ2v) is 4.40. The van der Waals surface area contributed by atoms with E-state index in [1.807, 2.05) is 0 Å². The van der Waals surface area contributed by atoms with E-state index >= 15 is 0 Å². The first-order chi connectivity index (χ1) is 7.99. The van der Waals surface area contributed by atoms with Crippen LogP contribution in [-0.2, 0) is 16.0 Å². The third kappa shape index (κ3) is 2.25. The fourth-order valence-corrected chi connectivity index (χ4v) is 1.98. The van der Waals surface area contributed by atoms with Gasteiger partial charge in [0.05, 0.1) is 13.0 Å². The summed E-state index contributed by atoms with van der Waals surface area (Å²) in [5.41, 5.74) is 12.2. The molecule has 0 bridgehead atoms. The molecule has 0 saturated carbocycles. The molecule has 0 saturated heterocycles. The lowest BCUT2D eigenvalue weighted by molar-refractivity contribution is -0.119. The predicted octanol–water partition coefficient (Wildman–Crippen LogP) is 0.0417. The Kier molecular flexibility index (Phi) is 3.04. The Morgan fingerprint density at radius 3 is 2.88 bits per heavy atom. The van der Waals surface area contributed by atoms with Crippen LogP contribution in [-0.4, -0.2) is 24.4 Å². The average molecular weight is 254 g/mol. The van der Waals surface area contributed by atoms with Crippen LogP contribution in [0, 0.1) is 0 Å². The molecule has 1 atom stereocenters. The highest BCUT2D eigenvalue weighted by Crippen LogP contribution is 2.31. The molecule has 1 heterocycles. The van der Waals surface area contributed by atoms with Gasteiger partial charge in [-0.2, -0.15) is 0 Å². The van der Waals surface area contributed by atoms with Crippen LogP contribution >= 0.6 is 11.6 Å². The van der Waals surface area contributed by atoms with Crippen molar-refractivity contribution in [3.63, 3.8) is 0 Å². The van der Waals surface area contributed by atoms with Gasteiger partial charge in [-0.25, -0.2) is 0 Å². The van der Waals surface area contributed by atoms with E-state index in [9.17, 15) is 9.59 Å². The first-order valence-electron chi connectivity index (χ1n) is 5.12. The van der Waals surface area contributed by atoms with Crippen molar-refractivity contribution in [3.05, 3.63) is 28.8 Å². The first kappa shape index (κ1) is 11.9. The summed E-state index contributed by atoms with van der Waals surface area (Å²) in [5.74, 6) is -0.729. The van der Waals surface area contributed by atoms with Gasteiger partial charge in [0.15, 0.2) is 0 Å². The van der Waals surface area contributed by atoms with Crippen molar-refractivity contribution in [2.24, 2.45) is 11.5 Å². The van der Waals surface area contributed by atoms with Crippen molar-refractivity contribution < 1.29 is 9.59 Å². The molecule has 1 aromatic rings. The van der Waals surface area contributed by atoms with E-state index < -0.39 is 11.9 Å². The molecule has 0 spiro atoms. The van der Waals surface area contributed by atoms with Crippen molar-refractivity contribution >= 4 is 29.1 Å². The molecule has 0 aliphatic carbocycles. The maximum atomic E-state index is 11.8. The minimum atomic E-state index is -0.871. The predicted molar refractivity (Wildman–Crippen MR) is 64.7 cm³/mol. The number of hydrogen-bond acceptors (Lipinski definition) is 3. The second kappa shape index (κ2) is 4.35. The number of carbonyl (C=O) groups is 2. The molecule has 1 unspecified atom stereocenters. The van der Waals surface area contributed by atoms with E-state index in [2.05, 4.69) is 0 Å². The first-order valence-corrected chi connectivity index (χ1v) is 5.50. The number of rotatable bonds is 3. The second-order valence-electron chi connectivity index (χ2n) is 3.96. The maximum absolute atomic E-state index is 11.8. The highest BCUT2D eigenvalue weighted by atomic mass is 35.5. The van der Waals surface area contributed by atoms with Crippen molar-refractivity contribution in [1.82, 2.24) is 0 Å². The molecule has 17 heavy (non-hydrogen) atoms. The molecule has 0 fully saturated rings. The lowest BCUT2D eigenvalue weighted by atomic mass is 10.2. The monoisotopic (exact) mass is 253 g/mol. The Morgan fingerprint density at radius 1 is 1.53 bits per heavy atom. The quantitative estimate of drug-likeness (QED) is 0.797. The molecule has 0 radical (unpaired) electrons. The Bertz CT molecular complexity index is 490. The van der Waals surface area contributed by atoms with Crippen LogP contribution in [0.2, 0.25) is 5.02 Å². The summed E-state index contributed by atoms with van der Waals surface area (Å²) in [7, 11) is 0. The van der Waals surface area contributed by atoms with E-state index in [-0.39, 0.29) is 12.5 Å². The van der Waals surface area contributed by atoms with Crippen molar-refractivity contribution in [3.8, 4) is 0 Å². The summed E-state index contributed by atoms with van der Waals surface area (Å²) in [6.07, 6.45) is 0.304. The van der Waals surface area contributed by atoms with Gasteiger partial charge < -0.3 is 16.4 Å². The zero-order chi connectivity index (χ0) is 12.6. The minimum Gasteiger partial charge on any atom is -0.368 e. The number of carbonyl (C=O) groups excluding carboxylic acids is 2. The molecule has 0 aromatic heterocycles. The number of anilines is 1. The van der Waals surface area contributed by atoms with Crippen LogP contribution in [0.25, 0.3) is 0 Å². The van der Waals surface area contributed by atoms with E-state index in [1.54, 1.807) is 18.2 Å². The van der Waals surface area contributed by atoms with Crippen molar-refractivity contribution in [1.29, 1.82) is 0 Å². The van der Waals surface area contributed by atoms with E-state index in [0.29, 0.717) is 17.1 Å². The molecule has 1 aromatic carbocycles. The normalized spacial score (nSPS) is 15.9. The van der Waals surface area contributed by atoms with Gasteiger partial charge in [-0.1, -0.05) is 17.7 Å². The Labute approximate surface area is 103 Å². The number of nitrogens with two attached hydrogens (primary N) is 2. The summed E-state index contributed by atoms with van der Waals surface area (Å²) in [6, 6.07) is 4.34. The summed E-state index contributed by atoms with van der Waals surface area (Å²) >= 11 is 5.87. The van der Waals surface area contributed by atoms with Crippen LogP contribution in [0.5, 0.6) is 0 Å². The van der Waals surface area contributed by atoms with Crippen LogP contribution in [0.15, 0.2) is 18.2 Å². The fourth-order valence-electron chi connectivity index (χ4n) is 1.82. The summed E-state index contributed by atoms with van der Waals surface area (Å²) in [6.45, 7) is 0.0848. The van der Waals surface area contributed by atoms with Gasteiger partial charge in [0.1, 0.15) is 6.04 Å². The van der Waals surface area contributed by atoms with Crippen LogP contribution in [0.4, 0.5) is 5.69 Å². The van der Waals surface area contributed by atoms with Crippen LogP contribution in [0.1, 0.15) is 5.56 Å². The zero-order valence-corrected chi connectivity index (χ0v) is 9.78. The topological polar surface area (TPSA) is 89.4 Å². The van der Waals surface area contributed by atoms with E-state index in [0.717, 1.165) is 5.56 Å². The van der Waals surface area contributed by atoms with Crippen molar-refractivity contribution in [2.75, 3.05) is 11.4 Å². The van der Waals surface area contributed by atoms with Gasteiger partial charge >= 0.3 is 0 Å². The molecule has 2 amide bonds. The maximum Gasteiger partial charge on any atom is 0.236 e. The number of amides is 2. The van der Waals surface area contributed by atoms with Gasteiger partial charge in [0.2, 0.25) is 11.8 Å². The third-order valence-electron chi connectivity index (χ3n) is 2.73. The Hall–Kier alpha value is -1.59. The molecular formula is C11H12ClN3O2. The minimum absolute atomic E-state index is 0.0848. The number of benzene rings is 1. The van der Waals surface area contributed by atoms with Gasteiger partial charge in [0.25, 0.3) is 0 Å². The molecule has 2 rings (SSSR count). The number of nitrogens with zero attached hydrogens (tertiary/aromatic N) is 1. The third-order valence-corrected chi connectivity index (χ3v) is 2.96. The molecule has 6 heteroatoms. The average Bonchev–Trinajstić information content (AvgIpc) is 2.55. The number of primary amides is 1. The van der Waals surface area contributed by atoms with Gasteiger partial charge in [-0.3, -0.25) is 9.59 Å². The summed E-state index contributed by atoms with van der Waals surface area (Å²) in [5, 5.41) is 0.538. The van der Waals surface area contributed by atoms with Crippen LogP contribution in [0.3, 0.4) is 0 Å². The lowest BCUT2D eigenvalue weighted by Crippen LogP contribution is -2.47. The number of hydrogen-bond donors (Lipinski definition) is 2. The van der Waals surface area contributed by atoms with E-state index in [1.165, 1.54) is 4.90 Å². The van der Waals surface area contributed by atoms with Crippen molar-refractivity contribution in [2.45, 2.75) is 12.5 Å². The number of fused-ring (bicyclic) bond motifs is 1. The van der Waals surface area contributed by atoms with Gasteiger partial charge in [-0.15, -0.1) is 0 Å². The Morgan fingerprint density at radius 2 is 2.24 bits per heavy atom. The zero-order valence-electron chi connectivity index (χ0n) is 9.02. The summed E-state index contributed by atoms with van der Waals surface area (Å²) in [4.78, 5) is 24.1. The molecule has 4 N–H and O–H groups in total. The Balaban J connectivity index is 2.28. The highest BCUT2D eigenvalue weighted by Gasteiger charge is 2.29. The van der Waals surface area contributed by atoms with E-state index in [4.69, 9.17) is 23.1 Å². The SMILES string of the molecule is NC(=O)C(N)CN1C(=O)Cc2ccc(Cl)cc21. The van der Waals surface area contributed by atoms with Crippen LogP contribution < -0.4 is 16.4 Å². The lowest BCUT2D eigenvalue weighted by Gasteiger charge is -2.20. The fraction of sp³-hybridized carbons (Fsp3) is 0.273. The molecule has 5 nitrogen and oxygen atoms in total.